The van der Waals surface area contributed by atoms with Gasteiger partial charge in [-0.15, -0.1) is 0 Å². The largest absolute Gasteiger partial charge is 0.497 e. The third kappa shape index (κ3) is 4.53. The van der Waals surface area contributed by atoms with Gasteiger partial charge in [-0.3, -0.25) is 9.80 Å². The van der Waals surface area contributed by atoms with Gasteiger partial charge in [-0.05, 0) is 51.1 Å². The van der Waals surface area contributed by atoms with Crippen molar-refractivity contribution in [2.24, 2.45) is 0 Å². The number of hydrogen-bond acceptors (Lipinski definition) is 6. The minimum Gasteiger partial charge on any atom is -0.497 e. The highest BCUT2D eigenvalue weighted by Gasteiger charge is 2.38. The van der Waals surface area contributed by atoms with E-state index in [-0.39, 0.29) is 12.6 Å². The van der Waals surface area contributed by atoms with E-state index in [0.717, 1.165) is 25.9 Å². The second-order valence-corrected chi connectivity index (χ2v) is 7.47. The first-order chi connectivity index (χ1) is 14.5. The van der Waals surface area contributed by atoms with Gasteiger partial charge in [0.1, 0.15) is 11.5 Å². The van der Waals surface area contributed by atoms with E-state index in [0.29, 0.717) is 34.9 Å². The van der Waals surface area contributed by atoms with Gasteiger partial charge < -0.3 is 19.5 Å². The monoisotopic (exact) mass is 417 g/mol. The van der Waals surface area contributed by atoms with Crippen LogP contribution < -0.4 is 14.8 Å². The molecule has 1 unspecified atom stereocenters. The molecule has 8 heteroatoms. The van der Waals surface area contributed by atoms with Gasteiger partial charge in [0.05, 0.1) is 32.4 Å². The third-order valence-electron chi connectivity index (χ3n) is 5.64. The Hall–Kier alpha value is -2.74. The number of esters is 1. The Morgan fingerprint density at radius 2 is 1.90 bits per heavy atom. The van der Waals surface area contributed by atoms with Gasteiger partial charge in [-0.25, -0.2) is 9.59 Å². The van der Waals surface area contributed by atoms with Crippen LogP contribution in [0, 0.1) is 0 Å². The maximum atomic E-state index is 13.1. The summed E-state index contributed by atoms with van der Waals surface area (Å²) in [5.41, 5.74) is 1.74. The number of ether oxygens (including phenoxy) is 3. The van der Waals surface area contributed by atoms with Crippen molar-refractivity contribution in [1.29, 1.82) is 0 Å². The summed E-state index contributed by atoms with van der Waals surface area (Å²) >= 11 is 0. The predicted octanol–water partition coefficient (Wildman–Crippen LogP) is 2.70. The number of likely N-dealkylation sites (N-methyl/N-ethyl adjacent to an activating group) is 1. The number of methoxy groups -OCH3 is 2. The summed E-state index contributed by atoms with van der Waals surface area (Å²) in [6, 6.07) is 4.36. The topological polar surface area (TPSA) is 80.3 Å². The molecule has 0 radical (unpaired) electrons. The van der Waals surface area contributed by atoms with Gasteiger partial charge in [-0.1, -0.05) is 6.42 Å². The lowest BCUT2D eigenvalue weighted by molar-refractivity contribution is -0.139. The van der Waals surface area contributed by atoms with Crippen LogP contribution >= 0.6 is 0 Å². The van der Waals surface area contributed by atoms with Crippen LogP contribution in [0.15, 0.2) is 29.5 Å². The van der Waals surface area contributed by atoms with Crippen molar-refractivity contribution in [2.45, 2.75) is 32.2 Å². The number of piperidine rings is 1. The molecule has 1 saturated heterocycles. The van der Waals surface area contributed by atoms with E-state index < -0.39 is 12.0 Å². The molecule has 3 rings (SSSR count). The second-order valence-electron chi connectivity index (χ2n) is 7.47. The molecule has 2 aliphatic rings. The Labute approximate surface area is 177 Å². The number of amides is 2. The van der Waals surface area contributed by atoms with Gasteiger partial charge in [-0.2, -0.15) is 0 Å². The summed E-state index contributed by atoms with van der Waals surface area (Å²) in [6.07, 6.45) is 3.44. The lowest BCUT2D eigenvalue weighted by Crippen LogP contribution is -2.49. The van der Waals surface area contributed by atoms with Crippen LogP contribution in [0.25, 0.3) is 0 Å². The lowest BCUT2D eigenvalue weighted by Gasteiger charge is -2.38. The Morgan fingerprint density at radius 3 is 2.53 bits per heavy atom. The molecule has 0 saturated carbocycles. The van der Waals surface area contributed by atoms with Gasteiger partial charge >= 0.3 is 12.0 Å². The molecule has 0 spiro atoms. The number of urea groups is 1. The van der Waals surface area contributed by atoms with Crippen LogP contribution in [-0.2, 0) is 9.53 Å². The molecule has 0 aliphatic carbocycles. The van der Waals surface area contributed by atoms with Crippen LogP contribution in [0.1, 0.15) is 37.8 Å². The Kier molecular flexibility index (Phi) is 7.20. The first kappa shape index (κ1) is 22.0. The van der Waals surface area contributed by atoms with E-state index in [1.54, 1.807) is 46.4 Å². The van der Waals surface area contributed by atoms with Gasteiger partial charge in [0.2, 0.25) is 0 Å². The maximum Gasteiger partial charge on any atom is 0.338 e. The van der Waals surface area contributed by atoms with E-state index >= 15 is 0 Å². The molecule has 1 aromatic carbocycles. The Balaban J connectivity index is 2.12. The van der Waals surface area contributed by atoms with E-state index in [4.69, 9.17) is 14.2 Å². The van der Waals surface area contributed by atoms with E-state index in [2.05, 4.69) is 10.2 Å². The minimum absolute atomic E-state index is 0.249. The number of carbonyl (C=O) groups excluding carboxylic acids is 2. The molecular weight excluding hydrogens is 386 g/mol. The predicted molar refractivity (Wildman–Crippen MR) is 113 cm³/mol. The maximum absolute atomic E-state index is 13.1. The highest BCUT2D eigenvalue weighted by Crippen LogP contribution is 2.37. The summed E-state index contributed by atoms with van der Waals surface area (Å²) in [6.45, 7) is 4.43. The summed E-state index contributed by atoms with van der Waals surface area (Å²) in [4.78, 5) is 29.7. The zero-order valence-corrected chi connectivity index (χ0v) is 18.2. The summed E-state index contributed by atoms with van der Waals surface area (Å²) in [7, 11) is 4.82. The molecule has 164 valence electrons. The smallest absolute Gasteiger partial charge is 0.338 e. The van der Waals surface area contributed by atoms with E-state index in [1.807, 2.05) is 0 Å². The standard InChI is InChI=1S/C22H31N3O5/c1-5-30-21(26)19-17(14-25-11-7-6-8-12-25)24(2)22(27)23-20(19)16-13-15(28-3)9-10-18(16)29-4/h9-10,13,20H,5-8,11-12,14H2,1-4H3,(H,23,27). The third-order valence-corrected chi connectivity index (χ3v) is 5.64. The molecule has 0 aromatic heterocycles. The lowest BCUT2D eigenvalue weighted by atomic mass is 9.93. The van der Waals surface area contributed by atoms with Crippen LogP contribution in [0.2, 0.25) is 0 Å². The average molecular weight is 418 g/mol. The first-order valence-electron chi connectivity index (χ1n) is 10.4. The van der Waals surface area contributed by atoms with Crippen molar-refractivity contribution in [3.63, 3.8) is 0 Å². The molecule has 1 atom stereocenters. The van der Waals surface area contributed by atoms with E-state index in [9.17, 15) is 9.59 Å². The van der Waals surface area contributed by atoms with Crippen LogP contribution in [0.3, 0.4) is 0 Å². The molecule has 1 N–H and O–H groups in total. The molecule has 1 fully saturated rings. The number of nitrogens with zero attached hydrogens (tertiary/aromatic N) is 2. The number of hydrogen-bond donors (Lipinski definition) is 1. The van der Waals surface area contributed by atoms with Crippen molar-refractivity contribution < 1.29 is 23.8 Å². The van der Waals surface area contributed by atoms with Crippen LogP contribution in [0.5, 0.6) is 11.5 Å². The number of carbonyl (C=O) groups is 2. The molecule has 8 nitrogen and oxygen atoms in total. The number of rotatable bonds is 7. The highest BCUT2D eigenvalue weighted by atomic mass is 16.5. The fourth-order valence-electron chi connectivity index (χ4n) is 4.03. The quantitative estimate of drug-likeness (QED) is 0.687. The normalized spacial score (nSPS) is 20.1. The molecule has 2 aliphatic heterocycles. The Bertz CT molecular complexity index is 817. The molecule has 1 aromatic rings. The van der Waals surface area contributed by atoms with Crippen LogP contribution in [0.4, 0.5) is 4.79 Å². The van der Waals surface area contributed by atoms with E-state index in [1.165, 1.54) is 11.3 Å². The van der Waals surface area contributed by atoms with Crippen molar-refractivity contribution in [1.82, 2.24) is 15.1 Å². The summed E-state index contributed by atoms with van der Waals surface area (Å²) < 4.78 is 16.3. The SMILES string of the molecule is CCOC(=O)C1=C(CN2CCCCC2)N(C)C(=O)NC1c1cc(OC)ccc1OC. The highest BCUT2D eigenvalue weighted by molar-refractivity contribution is 5.95. The van der Waals surface area contributed by atoms with Crippen molar-refractivity contribution >= 4 is 12.0 Å². The van der Waals surface area contributed by atoms with Crippen molar-refractivity contribution in [3.05, 3.63) is 35.0 Å². The number of nitrogens with one attached hydrogen (secondary N) is 1. The first-order valence-corrected chi connectivity index (χ1v) is 10.4. The zero-order chi connectivity index (χ0) is 21.7. The zero-order valence-electron chi connectivity index (χ0n) is 18.2. The molecule has 2 amide bonds. The Morgan fingerprint density at radius 1 is 1.17 bits per heavy atom. The second kappa shape index (κ2) is 9.84. The van der Waals surface area contributed by atoms with Gasteiger partial charge in [0.15, 0.2) is 0 Å². The molecule has 2 heterocycles. The number of likely N-dealkylation sites (tertiary alicyclic amines) is 1. The number of benzene rings is 1. The van der Waals surface area contributed by atoms with Crippen molar-refractivity contribution in [3.8, 4) is 11.5 Å². The average Bonchev–Trinajstić information content (AvgIpc) is 2.77. The summed E-state index contributed by atoms with van der Waals surface area (Å²) in [5.74, 6) is 0.732. The summed E-state index contributed by atoms with van der Waals surface area (Å²) in [5, 5.41) is 2.94. The molecule has 30 heavy (non-hydrogen) atoms. The fraction of sp³-hybridized carbons (Fsp3) is 0.545. The van der Waals surface area contributed by atoms with Crippen molar-refractivity contribution in [2.75, 3.05) is 47.5 Å². The molecule has 0 bridgehead atoms. The fourth-order valence-corrected chi connectivity index (χ4v) is 4.03. The molecular formula is C22H31N3O5. The minimum atomic E-state index is -0.697. The van der Waals surface area contributed by atoms with Crippen LogP contribution in [-0.4, -0.2) is 69.3 Å². The van der Waals surface area contributed by atoms with Gasteiger partial charge in [0, 0.05) is 24.9 Å². The van der Waals surface area contributed by atoms with Gasteiger partial charge in [0.25, 0.3) is 0 Å².